The number of rotatable bonds is 5. The van der Waals surface area contributed by atoms with Crippen LogP contribution in [0.2, 0.25) is 0 Å². The Bertz CT molecular complexity index is 773. The summed E-state index contributed by atoms with van der Waals surface area (Å²) in [6.07, 6.45) is 2.18. The minimum absolute atomic E-state index is 0.0536. The van der Waals surface area contributed by atoms with Crippen molar-refractivity contribution in [2.45, 2.75) is 33.0 Å². The molecule has 132 valence electrons. The lowest BCUT2D eigenvalue weighted by Gasteiger charge is -2.19. The first kappa shape index (κ1) is 18.1. The van der Waals surface area contributed by atoms with Gasteiger partial charge in [0, 0.05) is 6.20 Å². The molecule has 0 aliphatic rings. The Hall–Kier alpha value is -3.23. The average Bonchev–Trinajstić information content (AvgIpc) is 2.51. The summed E-state index contributed by atoms with van der Waals surface area (Å²) < 4.78 is 10.6. The first-order valence-corrected chi connectivity index (χ1v) is 7.42. The molecule has 0 aliphatic heterocycles. The molecule has 0 aliphatic carbocycles. The van der Waals surface area contributed by atoms with Crippen molar-refractivity contribution in [1.82, 2.24) is 9.97 Å². The number of hydrogen-bond donors (Lipinski definition) is 1. The zero-order valence-corrected chi connectivity index (χ0v) is 14.1. The molecule has 0 radical (unpaired) electrons. The molecule has 0 unspecified atom stereocenters. The maximum absolute atomic E-state index is 11.8. The summed E-state index contributed by atoms with van der Waals surface area (Å²) in [5.41, 5.74) is 0.0450. The van der Waals surface area contributed by atoms with Gasteiger partial charge in [-0.25, -0.2) is 9.78 Å². The Morgan fingerprint density at radius 1 is 1.28 bits per heavy atom. The third-order valence-electron chi connectivity index (χ3n) is 2.77. The van der Waals surface area contributed by atoms with Gasteiger partial charge in [-0.2, -0.15) is 0 Å². The molecule has 2 heterocycles. The number of nitrogens with zero attached hydrogens (tertiary/aromatic N) is 3. The summed E-state index contributed by atoms with van der Waals surface area (Å²) in [6.45, 7) is 5.32. The van der Waals surface area contributed by atoms with E-state index in [4.69, 9.17) is 9.47 Å². The largest absolute Gasteiger partial charge is 0.481 e. The molecule has 0 bridgehead atoms. The van der Waals surface area contributed by atoms with E-state index in [1.165, 1.54) is 18.5 Å². The van der Waals surface area contributed by atoms with Gasteiger partial charge in [0.05, 0.1) is 0 Å². The first-order chi connectivity index (χ1) is 11.7. The standard InChI is InChI=1S/C16H18N4O5/c1-16(2,3)25-15(21)19-13-9-11(6-8-17-13)10-24-12-5-4-7-18-14(12)20(22)23/h4-9H,10H2,1-3H3,(H,17,19,21). The summed E-state index contributed by atoms with van der Waals surface area (Å²) in [4.78, 5) is 29.7. The summed E-state index contributed by atoms with van der Waals surface area (Å²) in [6, 6.07) is 6.27. The number of carbonyl (C=O) groups is 1. The Balaban J connectivity index is 2.03. The lowest BCUT2D eigenvalue weighted by Crippen LogP contribution is -2.27. The lowest BCUT2D eigenvalue weighted by molar-refractivity contribution is -0.390. The third kappa shape index (κ3) is 5.72. The smallest absolute Gasteiger partial charge is 0.413 e. The van der Waals surface area contributed by atoms with Gasteiger partial charge in [-0.3, -0.25) is 5.32 Å². The molecule has 2 aromatic heterocycles. The SMILES string of the molecule is CC(C)(C)OC(=O)Nc1cc(COc2cccnc2[N+](=O)[O-])ccn1. The zero-order valence-electron chi connectivity index (χ0n) is 14.1. The molecule has 1 amide bonds. The van der Waals surface area contributed by atoms with Crippen LogP contribution in [0, 0.1) is 10.1 Å². The van der Waals surface area contributed by atoms with Gasteiger partial charge in [-0.15, -0.1) is 0 Å². The van der Waals surface area contributed by atoms with Crippen LogP contribution in [0.1, 0.15) is 26.3 Å². The molecule has 1 N–H and O–H groups in total. The van der Waals surface area contributed by atoms with Crippen LogP contribution in [-0.4, -0.2) is 26.6 Å². The van der Waals surface area contributed by atoms with Crippen LogP contribution in [0.3, 0.4) is 0 Å². The van der Waals surface area contributed by atoms with E-state index in [0.717, 1.165) is 0 Å². The monoisotopic (exact) mass is 346 g/mol. The predicted octanol–water partition coefficient (Wildman–Crippen LogP) is 3.31. The summed E-state index contributed by atoms with van der Waals surface area (Å²) in [7, 11) is 0. The summed E-state index contributed by atoms with van der Waals surface area (Å²) in [5.74, 6) is -0.00865. The van der Waals surface area contributed by atoms with Crippen LogP contribution in [0.4, 0.5) is 16.4 Å². The van der Waals surface area contributed by atoms with Crippen molar-refractivity contribution in [3.8, 4) is 5.75 Å². The second-order valence-corrected chi connectivity index (χ2v) is 6.05. The average molecular weight is 346 g/mol. The van der Waals surface area contributed by atoms with E-state index in [1.807, 2.05) is 0 Å². The van der Waals surface area contributed by atoms with E-state index >= 15 is 0 Å². The number of nitrogens with one attached hydrogen (secondary N) is 1. The van der Waals surface area contributed by atoms with Crippen molar-refractivity contribution in [3.63, 3.8) is 0 Å². The Labute approximate surface area is 144 Å². The highest BCUT2D eigenvalue weighted by molar-refractivity contribution is 5.83. The third-order valence-corrected chi connectivity index (χ3v) is 2.77. The highest BCUT2D eigenvalue weighted by Crippen LogP contribution is 2.24. The highest BCUT2D eigenvalue weighted by Gasteiger charge is 2.17. The number of carbonyl (C=O) groups excluding carboxylic acids is 1. The molecule has 9 heteroatoms. The van der Waals surface area contributed by atoms with Crippen LogP contribution in [-0.2, 0) is 11.3 Å². The quantitative estimate of drug-likeness (QED) is 0.652. The molecule has 2 aromatic rings. The van der Waals surface area contributed by atoms with Crippen molar-refractivity contribution in [3.05, 3.63) is 52.3 Å². The molecule has 0 aromatic carbocycles. The Kier molecular flexibility index (Phi) is 5.48. The van der Waals surface area contributed by atoms with Gasteiger partial charge in [0.2, 0.25) is 5.75 Å². The van der Waals surface area contributed by atoms with Crippen molar-refractivity contribution >= 4 is 17.7 Å². The molecule has 0 fully saturated rings. The number of pyridine rings is 2. The molecular formula is C16H18N4O5. The van der Waals surface area contributed by atoms with Gasteiger partial charge in [0.15, 0.2) is 0 Å². The minimum Gasteiger partial charge on any atom is -0.481 e. The van der Waals surface area contributed by atoms with Crippen molar-refractivity contribution in [1.29, 1.82) is 0 Å². The van der Waals surface area contributed by atoms with Crippen LogP contribution in [0.15, 0.2) is 36.7 Å². The Morgan fingerprint density at radius 3 is 2.72 bits per heavy atom. The van der Waals surface area contributed by atoms with E-state index in [9.17, 15) is 14.9 Å². The molecule has 2 rings (SSSR count). The maximum Gasteiger partial charge on any atom is 0.413 e. The number of anilines is 1. The first-order valence-electron chi connectivity index (χ1n) is 7.42. The number of aromatic nitrogens is 2. The molecule has 25 heavy (non-hydrogen) atoms. The summed E-state index contributed by atoms with van der Waals surface area (Å²) >= 11 is 0. The molecular weight excluding hydrogens is 328 g/mol. The van der Waals surface area contributed by atoms with Gasteiger partial charge in [-0.05, 0) is 60.5 Å². The van der Waals surface area contributed by atoms with Crippen LogP contribution in [0.5, 0.6) is 5.75 Å². The van der Waals surface area contributed by atoms with Crippen molar-refractivity contribution < 1.29 is 19.2 Å². The van der Waals surface area contributed by atoms with E-state index in [-0.39, 0.29) is 24.0 Å². The molecule has 9 nitrogen and oxygen atoms in total. The van der Waals surface area contributed by atoms with Gasteiger partial charge >= 0.3 is 11.9 Å². The van der Waals surface area contributed by atoms with Gasteiger partial charge < -0.3 is 19.6 Å². The van der Waals surface area contributed by atoms with Gasteiger partial charge in [0.25, 0.3) is 0 Å². The molecule has 0 saturated carbocycles. The van der Waals surface area contributed by atoms with E-state index < -0.39 is 16.6 Å². The maximum atomic E-state index is 11.8. The van der Waals surface area contributed by atoms with Gasteiger partial charge in [-0.1, -0.05) is 0 Å². The van der Waals surface area contributed by atoms with E-state index in [1.54, 1.807) is 39.0 Å². The molecule has 0 saturated heterocycles. The fraction of sp³-hybridized carbons (Fsp3) is 0.312. The molecule has 0 spiro atoms. The number of hydrogen-bond acceptors (Lipinski definition) is 7. The zero-order chi connectivity index (χ0) is 18.4. The van der Waals surface area contributed by atoms with E-state index in [2.05, 4.69) is 15.3 Å². The predicted molar refractivity (Wildman–Crippen MR) is 89.3 cm³/mol. The fourth-order valence-corrected chi connectivity index (χ4v) is 1.83. The number of amides is 1. The minimum atomic E-state index is -0.624. The highest BCUT2D eigenvalue weighted by atomic mass is 16.6. The van der Waals surface area contributed by atoms with Crippen LogP contribution in [0.25, 0.3) is 0 Å². The fourth-order valence-electron chi connectivity index (χ4n) is 1.83. The van der Waals surface area contributed by atoms with Crippen LogP contribution < -0.4 is 10.1 Å². The van der Waals surface area contributed by atoms with Crippen molar-refractivity contribution in [2.24, 2.45) is 0 Å². The summed E-state index contributed by atoms with van der Waals surface area (Å²) in [5, 5.41) is 13.4. The van der Waals surface area contributed by atoms with E-state index in [0.29, 0.717) is 5.56 Å². The molecule has 0 atom stereocenters. The van der Waals surface area contributed by atoms with Gasteiger partial charge in [0.1, 0.15) is 24.2 Å². The number of nitro groups is 1. The van der Waals surface area contributed by atoms with Crippen LogP contribution >= 0.6 is 0 Å². The second kappa shape index (κ2) is 7.56. The second-order valence-electron chi connectivity index (χ2n) is 6.05. The topological polar surface area (TPSA) is 116 Å². The number of ether oxygens (including phenoxy) is 2. The van der Waals surface area contributed by atoms with Crippen molar-refractivity contribution in [2.75, 3.05) is 5.32 Å². The normalized spacial score (nSPS) is 10.8. The lowest BCUT2D eigenvalue weighted by atomic mass is 10.2. The Morgan fingerprint density at radius 2 is 2.04 bits per heavy atom.